The van der Waals surface area contributed by atoms with E-state index in [1.54, 1.807) is 19.2 Å². The van der Waals surface area contributed by atoms with Crippen LogP contribution in [0.15, 0.2) is 24.3 Å². The van der Waals surface area contributed by atoms with Gasteiger partial charge in [-0.15, -0.1) is 0 Å². The van der Waals surface area contributed by atoms with Crippen molar-refractivity contribution in [2.24, 2.45) is 0 Å². The first-order chi connectivity index (χ1) is 10.3. The zero-order valence-corrected chi connectivity index (χ0v) is 14.9. The second kappa shape index (κ2) is 8.68. The van der Waals surface area contributed by atoms with Crippen molar-refractivity contribution in [2.75, 3.05) is 13.7 Å². The molecule has 0 saturated heterocycles. The lowest BCUT2D eigenvalue weighted by Gasteiger charge is -2.30. The maximum atomic E-state index is 13.3. The molecular formula is C16H27O5P. The highest BCUT2D eigenvalue weighted by atomic mass is 31.2. The van der Waals surface area contributed by atoms with Crippen molar-refractivity contribution >= 4 is 7.60 Å². The van der Waals surface area contributed by atoms with Crippen LogP contribution in [0.5, 0.6) is 5.75 Å². The molecule has 0 aliphatic rings. The van der Waals surface area contributed by atoms with Crippen LogP contribution >= 0.6 is 7.60 Å². The maximum Gasteiger partial charge on any atom is 0.338 e. The van der Waals surface area contributed by atoms with Crippen LogP contribution in [0.2, 0.25) is 0 Å². The van der Waals surface area contributed by atoms with Gasteiger partial charge in [-0.1, -0.05) is 12.1 Å². The Hall–Kier alpha value is -0.870. The zero-order chi connectivity index (χ0) is 16.8. The second-order valence-electron chi connectivity index (χ2n) is 5.65. The summed E-state index contributed by atoms with van der Waals surface area (Å²) in [6.07, 6.45) is -0.156. The van der Waals surface area contributed by atoms with E-state index in [9.17, 15) is 9.67 Å². The summed E-state index contributed by atoms with van der Waals surface area (Å²) in [6.45, 7) is 7.19. The minimum absolute atomic E-state index is 0.0937. The maximum absolute atomic E-state index is 13.3. The molecule has 0 unspecified atom stereocenters. The summed E-state index contributed by atoms with van der Waals surface area (Å²) >= 11 is 0. The van der Waals surface area contributed by atoms with E-state index in [2.05, 4.69) is 0 Å². The molecule has 1 aromatic rings. The van der Waals surface area contributed by atoms with Gasteiger partial charge in [-0.2, -0.15) is 0 Å². The molecule has 1 atom stereocenters. The van der Waals surface area contributed by atoms with Crippen LogP contribution in [0.4, 0.5) is 0 Å². The normalized spacial score (nSPS) is 13.6. The summed E-state index contributed by atoms with van der Waals surface area (Å²) in [5.74, 6) is 0.718. The van der Waals surface area contributed by atoms with E-state index < -0.39 is 13.3 Å². The van der Waals surface area contributed by atoms with Gasteiger partial charge in [0, 0.05) is 6.61 Å². The van der Waals surface area contributed by atoms with E-state index in [1.165, 1.54) is 0 Å². The third-order valence-electron chi connectivity index (χ3n) is 3.00. The Kier molecular flexibility index (Phi) is 7.57. The highest BCUT2D eigenvalue weighted by Crippen LogP contribution is 2.63. The first-order valence-electron chi connectivity index (χ1n) is 7.53. The first kappa shape index (κ1) is 19.2. The van der Waals surface area contributed by atoms with E-state index in [4.69, 9.17) is 13.8 Å². The van der Waals surface area contributed by atoms with Crippen LogP contribution in [0.25, 0.3) is 0 Å². The molecule has 0 aliphatic heterocycles. The van der Waals surface area contributed by atoms with Crippen molar-refractivity contribution in [1.29, 1.82) is 0 Å². The molecule has 0 heterocycles. The molecule has 0 amide bonds. The van der Waals surface area contributed by atoms with E-state index >= 15 is 0 Å². The van der Waals surface area contributed by atoms with Crippen molar-refractivity contribution in [1.82, 2.24) is 0 Å². The Labute approximate surface area is 133 Å². The summed E-state index contributed by atoms with van der Waals surface area (Å²) in [7, 11) is -1.81. The van der Waals surface area contributed by atoms with Crippen LogP contribution in [-0.4, -0.2) is 31.0 Å². The number of rotatable bonds is 9. The van der Waals surface area contributed by atoms with Gasteiger partial charge in [0.2, 0.25) is 0 Å². The van der Waals surface area contributed by atoms with E-state index in [0.717, 1.165) is 11.3 Å². The van der Waals surface area contributed by atoms with Gasteiger partial charge in [0.05, 0.1) is 25.0 Å². The third kappa shape index (κ3) is 5.40. The summed E-state index contributed by atoms with van der Waals surface area (Å²) in [6, 6.07) is 7.27. The second-order valence-corrected chi connectivity index (χ2v) is 7.77. The number of ether oxygens (including phenoxy) is 1. The molecule has 0 aliphatic carbocycles. The number of benzene rings is 1. The van der Waals surface area contributed by atoms with Crippen molar-refractivity contribution in [3.8, 4) is 5.75 Å². The molecule has 0 spiro atoms. The fraction of sp³-hybridized carbons (Fsp3) is 0.625. The summed E-state index contributed by atoms with van der Waals surface area (Å²) in [5.41, 5.74) is 0.299. The Balaban J connectivity index is 3.18. The van der Waals surface area contributed by atoms with Crippen molar-refractivity contribution < 1.29 is 23.5 Å². The molecule has 1 rings (SSSR count). The lowest BCUT2D eigenvalue weighted by molar-refractivity contribution is 0.133. The van der Waals surface area contributed by atoms with E-state index in [0.29, 0.717) is 6.42 Å². The van der Waals surface area contributed by atoms with Gasteiger partial charge >= 0.3 is 7.60 Å². The molecular weight excluding hydrogens is 303 g/mol. The molecule has 1 N–H and O–H groups in total. The third-order valence-corrected chi connectivity index (χ3v) is 5.75. The molecule has 6 heteroatoms. The quantitative estimate of drug-likeness (QED) is 0.689. The van der Waals surface area contributed by atoms with Gasteiger partial charge in [0.25, 0.3) is 0 Å². The van der Waals surface area contributed by atoms with Crippen LogP contribution in [0.3, 0.4) is 0 Å². The highest BCUT2D eigenvalue weighted by molar-refractivity contribution is 7.54. The van der Waals surface area contributed by atoms with Crippen LogP contribution in [0.1, 0.15) is 45.3 Å². The lowest BCUT2D eigenvalue weighted by atomic mass is 10.1. The highest BCUT2D eigenvalue weighted by Gasteiger charge is 2.38. The largest absolute Gasteiger partial charge is 0.497 e. The number of methoxy groups -OCH3 is 1. The topological polar surface area (TPSA) is 65.0 Å². The lowest BCUT2D eigenvalue weighted by Crippen LogP contribution is -2.14. The predicted octanol–water partition coefficient (Wildman–Crippen LogP) is 4.16. The average Bonchev–Trinajstić information content (AvgIpc) is 2.43. The number of hydrogen-bond donors (Lipinski definition) is 1. The average molecular weight is 330 g/mol. The van der Waals surface area contributed by atoms with Gasteiger partial charge in [-0.3, -0.25) is 4.57 Å². The predicted molar refractivity (Wildman–Crippen MR) is 87.5 cm³/mol. The standard InChI is InChI=1S/C16H27O5P/c1-12(2)20-22(18,21-13(3)4)16(10-11-17)14-6-8-15(19-5)9-7-14/h6-9,12-13,16-17H,10-11H2,1-5H3/t16-/m0/s1. The summed E-state index contributed by atoms with van der Waals surface area (Å²) < 4.78 is 29.8. The monoisotopic (exact) mass is 330 g/mol. The Morgan fingerprint density at radius 3 is 1.91 bits per heavy atom. The molecule has 0 bridgehead atoms. The molecule has 0 saturated carbocycles. The molecule has 1 aromatic carbocycles. The van der Waals surface area contributed by atoms with Gasteiger partial charge in [0.15, 0.2) is 0 Å². The Morgan fingerprint density at radius 2 is 1.55 bits per heavy atom. The fourth-order valence-corrected chi connectivity index (χ4v) is 4.70. The summed E-state index contributed by atoms with van der Waals surface area (Å²) in [5, 5.41) is 9.37. The summed E-state index contributed by atoms with van der Waals surface area (Å²) in [4.78, 5) is 0. The van der Waals surface area contributed by atoms with E-state index in [1.807, 2.05) is 39.8 Å². The fourth-order valence-electron chi connectivity index (χ4n) is 2.22. The number of aliphatic hydroxyl groups excluding tert-OH is 1. The molecule has 126 valence electrons. The minimum atomic E-state index is -3.40. The smallest absolute Gasteiger partial charge is 0.338 e. The molecule has 5 nitrogen and oxygen atoms in total. The van der Waals surface area contributed by atoms with Gasteiger partial charge in [-0.25, -0.2) is 0 Å². The molecule has 0 radical (unpaired) electrons. The molecule has 22 heavy (non-hydrogen) atoms. The van der Waals surface area contributed by atoms with Gasteiger partial charge in [0.1, 0.15) is 5.75 Å². The number of hydrogen-bond acceptors (Lipinski definition) is 5. The van der Waals surface area contributed by atoms with Gasteiger partial charge in [-0.05, 0) is 51.8 Å². The van der Waals surface area contributed by atoms with Crippen LogP contribution in [-0.2, 0) is 13.6 Å². The molecule has 0 fully saturated rings. The van der Waals surface area contributed by atoms with E-state index in [-0.39, 0.29) is 18.8 Å². The number of aliphatic hydroxyl groups is 1. The van der Waals surface area contributed by atoms with Crippen molar-refractivity contribution in [3.63, 3.8) is 0 Å². The van der Waals surface area contributed by atoms with Gasteiger partial charge < -0.3 is 18.9 Å². The Morgan fingerprint density at radius 1 is 1.05 bits per heavy atom. The van der Waals surface area contributed by atoms with Crippen LogP contribution in [0, 0.1) is 0 Å². The molecule has 0 aromatic heterocycles. The zero-order valence-electron chi connectivity index (χ0n) is 14.0. The van der Waals surface area contributed by atoms with Crippen molar-refractivity contribution in [2.45, 2.75) is 52.0 Å². The SMILES string of the molecule is COc1ccc([C@H](CCO)P(=O)(OC(C)C)OC(C)C)cc1. The Bertz CT molecular complexity index is 470. The minimum Gasteiger partial charge on any atom is -0.497 e. The van der Waals surface area contributed by atoms with Crippen molar-refractivity contribution in [3.05, 3.63) is 29.8 Å². The first-order valence-corrected chi connectivity index (χ1v) is 9.15. The van der Waals surface area contributed by atoms with Crippen LogP contribution < -0.4 is 4.74 Å².